The number of hydrogen-bond donors (Lipinski definition) is 1. The van der Waals surface area contributed by atoms with E-state index >= 15 is 0 Å². The highest BCUT2D eigenvalue weighted by atomic mass is 35.5. The third-order valence-corrected chi connectivity index (χ3v) is 2.59. The van der Waals surface area contributed by atoms with Crippen LogP contribution in [0.5, 0.6) is 5.75 Å². The lowest BCUT2D eigenvalue weighted by atomic mass is 10.2. The first-order chi connectivity index (χ1) is 7.74. The molecular formula is C13H20ClNO. The van der Waals surface area contributed by atoms with Crippen LogP contribution in [-0.2, 0) is 0 Å². The van der Waals surface area contributed by atoms with E-state index in [0.717, 1.165) is 25.3 Å². The Labute approximate surface area is 103 Å². The molecule has 0 fully saturated rings. The normalized spacial score (nSPS) is 12.4. The van der Waals surface area contributed by atoms with E-state index in [4.69, 9.17) is 16.3 Å². The first-order valence-corrected chi connectivity index (χ1v) is 6.20. The molecule has 1 aromatic carbocycles. The monoisotopic (exact) mass is 241 g/mol. The van der Waals surface area contributed by atoms with Crippen LogP contribution in [-0.4, -0.2) is 19.7 Å². The van der Waals surface area contributed by atoms with Gasteiger partial charge >= 0.3 is 0 Å². The van der Waals surface area contributed by atoms with E-state index in [1.54, 1.807) is 0 Å². The lowest BCUT2D eigenvalue weighted by Gasteiger charge is -2.14. The summed E-state index contributed by atoms with van der Waals surface area (Å²) < 4.78 is 5.66. The van der Waals surface area contributed by atoms with Crippen LogP contribution in [0.1, 0.15) is 20.3 Å². The van der Waals surface area contributed by atoms with E-state index in [-0.39, 0.29) is 0 Å². The molecule has 90 valence electrons. The van der Waals surface area contributed by atoms with Gasteiger partial charge in [-0.3, -0.25) is 0 Å². The maximum Gasteiger partial charge on any atom is 0.137 e. The molecule has 0 aliphatic heterocycles. The SMILES string of the molecule is CCCNCC(C)COc1ccccc1Cl. The van der Waals surface area contributed by atoms with Crippen molar-refractivity contribution in [2.45, 2.75) is 20.3 Å². The second-order valence-corrected chi connectivity index (χ2v) is 4.46. The zero-order valence-corrected chi connectivity index (χ0v) is 10.8. The summed E-state index contributed by atoms with van der Waals surface area (Å²) in [4.78, 5) is 0. The van der Waals surface area contributed by atoms with E-state index < -0.39 is 0 Å². The van der Waals surface area contributed by atoms with Gasteiger partial charge in [-0.15, -0.1) is 0 Å². The number of para-hydroxylation sites is 1. The maximum atomic E-state index is 5.99. The van der Waals surface area contributed by atoms with Crippen LogP contribution in [0.4, 0.5) is 0 Å². The maximum absolute atomic E-state index is 5.99. The fourth-order valence-electron chi connectivity index (χ4n) is 1.38. The lowest BCUT2D eigenvalue weighted by molar-refractivity contribution is 0.256. The van der Waals surface area contributed by atoms with Gasteiger partial charge in [-0.2, -0.15) is 0 Å². The number of ether oxygens (including phenoxy) is 1. The Kier molecular flexibility index (Phi) is 6.27. The quantitative estimate of drug-likeness (QED) is 0.740. The van der Waals surface area contributed by atoms with Crippen LogP contribution in [0.15, 0.2) is 24.3 Å². The molecule has 1 unspecified atom stereocenters. The zero-order valence-electron chi connectivity index (χ0n) is 10.0. The van der Waals surface area contributed by atoms with Crippen LogP contribution in [0.25, 0.3) is 0 Å². The summed E-state index contributed by atoms with van der Waals surface area (Å²) in [6, 6.07) is 7.58. The Morgan fingerprint density at radius 3 is 2.81 bits per heavy atom. The molecule has 0 aliphatic rings. The van der Waals surface area contributed by atoms with Crippen LogP contribution in [0, 0.1) is 5.92 Å². The molecule has 0 heterocycles. The molecule has 1 aromatic rings. The van der Waals surface area contributed by atoms with Gasteiger partial charge in [-0.05, 0) is 25.1 Å². The van der Waals surface area contributed by atoms with Crippen molar-refractivity contribution in [3.63, 3.8) is 0 Å². The summed E-state index contributed by atoms with van der Waals surface area (Å²) in [6.45, 7) is 7.08. The summed E-state index contributed by atoms with van der Waals surface area (Å²) in [5.74, 6) is 1.26. The van der Waals surface area contributed by atoms with Crippen LogP contribution in [0.3, 0.4) is 0 Å². The second-order valence-electron chi connectivity index (χ2n) is 4.05. The van der Waals surface area contributed by atoms with Crippen molar-refractivity contribution in [3.8, 4) is 5.75 Å². The molecule has 3 heteroatoms. The predicted molar refractivity (Wildman–Crippen MR) is 69.3 cm³/mol. The van der Waals surface area contributed by atoms with Crippen molar-refractivity contribution in [2.75, 3.05) is 19.7 Å². The molecule has 16 heavy (non-hydrogen) atoms. The van der Waals surface area contributed by atoms with E-state index in [9.17, 15) is 0 Å². The summed E-state index contributed by atoms with van der Waals surface area (Å²) in [5.41, 5.74) is 0. The highest BCUT2D eigenvalue weighted by molar-refractivity contribution is 6.32. The van der Waals surface area contributed by atoms with Crippen molar-refractivity contribution in [1.82, 2.24) is 5.32 Å². The summed E-state index contributed by atoms with van der Waals surface area (Å²) in [6.07, 6.45) is 1.16. The molecular weight excluding hydrogens is 222 g/mol. The van der Waals surface area contributed by atoms with Gasteiger partial charge in [0.15, 0.2) is 0 Å². The number of benzene rings is 1. The summed E-state index contributed by atoms with van der Waals surface area (Å²) in [5, 5.41) is 4.05. The Hall–Kier alpha value is -0.730. The van der Waals surface area contributed by atoms with Gasteiger partial charge in [0.05, 0.1) is 11.6 Å². The van der Waals surface area contributed by atoms with Gasteiger partial charge in [0.1, 0.15) is 5.75 Å². The van der Waals surface area contributed by atoms with Crippen LogP contribution in [0.2, 0.25) is 5.02 Å². The van der Waals surface area contributed by atoms with Gasteiger partial charge in [0.2, 0.25) is 0 Å². The summed E-state index contributed by atoms with van der Waals surface area (Å²) in [7, 11) is 0. The third kappa shape index (κ3) is 4.86. The molecule has 0 radical (unpaired) electrons. The van der Waals surface area contributed by atoms with Gasteiger partial charge in [-0.25, -0.2) is 0 Å². The van der Waals surface area contributed by atoms with Crippen molar-refractivity contribution < 1.29 is 4.74 Å². The largest absolute Gasteiger partial charge is 0.492 e. The topological polar surface area (TPSA) is 21.3 Å². The van der Waals surface area contributed by atoms with Crippen molar-refractivity contribution in [2.24, 2.45) is 5.92 Å². The number of hydrogen-bond acceptors (Lipinski definition) is 2. The molecule has 0 spiro atoms. The second kappa shape index (κ2) is 7.53. The Balaban J connectivity index is 2.26. The smallest absolute Gasteiger partial charge is 0.137 e. The van der Waals surface area contributed by atoms with E-state index in [1.165, 1.54) is 0 Å². The number of halogens is 1. The average molecular weight is 242 g/mol. The Morgan fingerprint density at radius 1 is 1.38 bits per heavy atom. The molecule has 2 nitrogen and oxygen atoms in total. The highest BCUT2D eigenvalue weighted by Crippen LogP contribution is 2.23. The average Bonchev–Trinajstić information content (AvgIpc) is 2.28. The minimum atomic E-state index is 0.489. The third-order valence-electron chi connectivity index (χ3n) is 2.28. The van der Waals surface area contributed by atoms with Crippen molar-refractivity contribution in [3.05, 3.63) is 29.3 Å². The molecule has 0 aromatic heterocycles. The molecule has 0 aliphatic carbocycles. The molecule has 0 saturated heterocycles. The molecule has 1 atom stereocenters. The molecule has 0 saturated carbocycles. The fourth-order valence-corrected chi connectivity index (χ4v) is 1.57. The molecule has 1 rings (SSSR count). The van der Waals surface area contributed by atoms with Crippen molar-refractivity contribution >= 4 is 11.6 Å². The first-order valence-electron chi connectivity index (χ1n) is 5.82. The molecule has 1 N–H and O–H groups in total. The minimum Gasteiger partial charge on any atom is -0.492 e. The summed E-state index contributed by atoms with van der Waals surface area (Å²) >= 11 is 5.99. The fraction of sp³-hybridized carbons (Fsp3) is 0.538. The van der Waals surface area contributed by atoms with Gasteiger partial charge in [0.25, 0.3) is 0 Å². The zero-order chi connectivity index (χ0) is 11.8. The Bertz CT molecular complexity index is 304. The first kappa shape index (κ1) is 13.3. The number of nitrogens with one attached hydrogen (secondary N) is 1. The van der Waals surface area contributed by atoms with Gasteiger partial charge in [-0.1, -0.05) is 37.6 Å². The van der Waals surface area contributed by atoms with Gasteiger partial charge < -0.3 is 10.1 Å². The lowest BCUT2D eigenvalue weighted by Crippen LogP contribution is -2.25. The van der Waals surface area contributed by atoms with E-state index in [2.05, 4.69) is 19.2 Å². The van der Waals surface area contributed by atoms with Crippen molar-refractivity contribution in [1.29, 1.82) is 0 Å². The van der Waals surface area contributed by atoms with Gasteiger partial charge in [0, 0.05) is 12.5 Å². The molecule has 0 amide bonds. The standard InChI is InChI=1S/C13H20ClNO/c1-3-8-15-9-11(2)10-16-13-7-5-4-6-12(13)14/h4-7,11,15H,3,8-10H2,1-2H3. The molecule has 0 bridgehead atoms. The van der Waals surface area contributed by atoms with E-state index in [0.29, 0.717) is 17.5 Å². The predicted octanol–water partition coefficient (Wildman–Crippen LogP) is 3.35. The minimum absolute atomic E-state index is 0.489. The van der Waals surface area contributed by atoms with E-state index in [1.807, 2.05) is 24.3 Å². The number of rotatable bonds is 7. The van der Waals surface area contributed by atoms with Crippen LogP contribution >= 0.6 is 11.6 Å². The van der Waals surface area contributed by atoms with Crippen LogP contribution < -0.4 is 10.1 Å². The Morgan fingerprint density at radius 2 is 2.12 bits per heavy atom. The highest BCUT2D eigenvalue weighted by Gasteiger charge is 2.04.